The van der Waals surface area contributed by atoms with Gasteiger partial charge in [0.05, 0.1) is 23.3 Å². The zero-order valence-electron chi connectivity index (χ0n) is 12.6. The molecular weight excluding hydrogens is 300 g/mol. The Morgan fingerprint density at radius 1 is 1.43 bits per heavy atom. The summed E-state index contributed by atoms with van der Waals surface area (Å²) in [6, 6.07) is 5.30. The van der Waals surface area contributed by atoms with Gasteiger partial charge in [-0.15, -0.1) is 0 Å². The highest BCUT2D eigenvalue weighted by atomic mass is 16.6. The van der Waals surface area contributed by atoms with Gasteiger partial charge in [0.2, 0.25) is 5.82 Å². The lowest BCUT2D eigenvalue weighted by Crippen LogP contribution is -2.20. The highest BCUT2D eigenvalue weighted by molar-refractivity contribution is 5.98. The van der Waals surface area contributed by atoms with Gasteiger partial charge < -0.3 is 9.64 Å². The molecule has 118 valence electrons. The van der Waals surface area contributed by atoms with Crippen molar-refractivity contribution in [2.24, 2.45) is 0 Å². The number of anilines is 2. The summed E-state index contributed by atoms with van der Waals surface area (Å²) >= 11 is 0. The molecule has 0 amide bonds. The van der Waals surface area contributed by atoms with Crippen LogP contribution in [0.15, 0.2) is 24.4 Å². The van der Waals surface area contributed by atoms with Crippen molar-refractivity contribution in [1.29, 1.82) is 0 Å². The van der Waals surface area contributed by atoms with Crippen molar-refractivity contribution in [2.75, 3.05) is 18.6 Å². The van der Waals surface area contributed by atoms with Crippen LogP contribution in [0.2, 0.25) is 0 Å². The Morgan fingerprint density at radius 3 is 2.91 bits per heavy atom. The minimum Gasteiger partial charge on any atom is -0.465 e. The average Bonchev–Trinajstić information content (AvgIpc) is 2.97. The van der Waals surface area contributed by atoms with Crippen molar-refractivity contribution in [3.05, 3.63) is 51.5 Å². The largest absolute Gasteiger partial charge is 0.465 e. The Kier molecular flexibility index (Phi) is 3.65. The number of hydrogen-bond acceptors (Lipinski definition) is 7. The Labute approximate surface area is 131 Å². The molecule has 3 rings (SSSR count). The van der Waals surface area contributed by atoms with E-state index in [9.17, 15) is 14.9 Å². The van der Waals surface area contributed by atoms with Gasteiger partial charge >= 0.3 is 11.7 Å². The van der Waals surface area contributed by atoms with Crippen LogP contribution in [0.25, 0.3) is 0 Å². The number of fused-ring (bicyclic) bond motifs is 1. The van der Waals surface area contributed by atoms with E-state index < -0.39 is 10.9 Å². The topological polar surface area (TPSA) is 98.5 Å². The number of nitro groups is 1. The second-order valence-electron chi connectivity index (χ2n) is 5.09. The molecule has 8 heteroatoms. The first kappa shape index (κ1) is 14.9. The number of rotatable bonds is 3. The van der Waals surface area contributed by atoms with Crippen LogP contribution in [0.1, 0.15) is 21.7 Å². The average molecular weight is 314 g/mol. The monoisotopic (exact) mass is 314 g/mol. The van der Waals surface area contributed by atoms with E-state index in [0.29, 0.717) is 30.0 Å². The van der Waals surface area contributed by atoms with Crippen molar-refractivity contribution in [1.82, 2.24) is 9.97 Å². The summed E-state index contributed by atoms with van der Waals surface area (Å²) in [4.78, 5) is 32.6. The van der Waals surface area contributed by atoms with Crippen LogP contribution in [0.4, 0.5) is 17.2 Å². The summed E-state index contributed by atoms with van der Waals surface area (Å²) < 4.78 is 4.81. The molecule has 8 nitrogen and oxygen atoms in total. The van der Waals surface area contributed by atoms with Gasteiger partial charge in [0.1, 0.15) is 12.0 Å². The van der Waals surface area contributed by atoms with E-state index in [1.807, 2.05) is 6.07 Å². The smallest absolute Gasteiger partial charge is 0.339 e. The molecule has 0 atom stereocenters. The third-order valence-electron chi connectivity index (χ3n) is 3.72. The van der Waals surface area contributed by atoms with E-state index in [4.69, 9.17) is 4.74 Å². The van der Waals surface area contributed by atoms with E-state index in [1.165, 1.54) is 13.3 Å². The number of benzene rings is 1. The van der Waals surface area contributed by atoms with E-state index in [-0.39, 0.29) is 11.5 Å². The fraction of sp³-hybridized carbons (Fsp3) is 0.267. The molecule has 0 spiro atoms. The van der Waals surface area contributed by atoms with E-state index in [2.05, 4.69) is 9.97 Å². The van der Waals surface area contributed by atoms with Crippen LogP contribution in [0, 0.1) is 17.0 Å². The van der Waals surface area contributed by atoms with Gasteiger partial charge in [0.25, 0.3) is 0 Å². The van der Waals surface area contributed by atoms with E-state index in [1.54, 1.807) is 24.0 Å². The van der Waals surface area contributed by atoms with E-state index >= 15 is 0 Å². The van der Waals surface area contributed by atoms with Gasteiger partial charge in [0, 0.05) is 6.54 Å². The lowest BCUT2D eigenvalue weighted by molar-refractivity contribution is -0.384. The van der Waals surface area contributed by atoms with Gasteiger partial charge in [-0.2, -0.15) is 0 Å². The SMILES string of the molecule is COC(=O)c1cccc2c1N(c1nc(C)ncc1[N+](=O)[O-])CC2. The van der Waals surface area contributed by atoms with Crippen LogP contribution >= 0.6 is 0 Å². The molecule has 0 bridgehead atoms. The second kappa shape index (κ2) is 5.64. The molecule has 23 heavy (non-hydrogen) atoms. The Morgan fingerprint density at radius 2 is 2.22 bits per heavy atom. The van der Waals surface area contributed by atoms with Gasteiger partial charge in [-0.1, -0.05) is 12.1 Å². The lowest BCUT2D eigenvalue weighted by atomic mass is 10.1. The predicted molar refractivity (Wildman–Crippen MR) is 81.9 cm³/mol. The van der Waals surface area contributed by atoms with Gasteiger partial charge in [-0.25, -0.2) is 14.8 Å². The summed E-state index contributed by atoms with van der Waals surface area (Å²) in [5, 5.41) is 11.3. The molecule has 0 radical (unpaired) electrons. The van der Waals surface area contributed by atoms with Crippen LogP contribution in [-0.4, -0.2) is 34.5 Å². The maximum absolute atomic E-state index is 12.0. The number of esters is 1. The first-order chi connectivity index (χ1) is 11.0. The molecule has 2 aromatic rings. The molecule has 1 aromatic carbocycles. The summed E-state index contributed by atoms with van der Waals surface area (Å²) in [5.74, 6) is 0.134. The Bertz CT molecular complexity index is 806. The molecule has 0 N–H and O–H groups in total. The molecule has 0 unspecified atom stereocenters. The molecule has 1 aliphatic rings. The number of carbonyl (C=O) groups excluding carboxylic acids is 1. The van der Waals surface area contributed by atoms with Crippen LogP contribution in [0.5, 0.6) is 0 Å². The van der Waals surface area contributed by atoms with Gasteiger partial charge in [-0.3, -0.25) is 10.1 Å². The highest BCUT2D eigenvalue weighted by Crippen LogP contribution is 2.40. The first-order valence-electron chi connectivity index (χ1n) is 6.98. The van der Waals surface area contributed by atoms with Gasteiger partial charge in [-0.05, 0) is 25.0 Å². The molecule has 0 saturated carbocycles. The van der Waals surface area contributed by atoms with Crippen molar-refractivity contribution in [2.45, 2.75) is 13.3 Å². The minimum absolute atomic E-state index is 0.192. The van der Waals surface area contributed by atoms with Crippen molar-refractivity contribution >= 4 is 23.2 Å². The maximum atomic E-state index is 12.0. The summed E-state index contributed by atoms with van der Waals surface area (Å²) in [5.41, 5.74) is 1.72. The third-order valence-corrected chi connectivity index (χ3v) is 3.72. The van der Waals surface area contributed by atoms with Crippen LogP contribution in [-0.2, 0) is 11.2 Å². The van der Waals surface area contributed by atoms with Crippen LogP contribution in [0.3, 0.4) is 0 Å². The summed E-state index contributed by atoms with van der Waals surface area (Å²) in [6.45, 7) is 2.16. The molecule has 0 saturated heterocycles. The maximum Gasteiger partial charge on any atom is 0.339 e. The molecule has 1 aliphatic heterocycles. The quantitative estimate of drug-likeness (QED) is 0.486. The van der Waals surface area contributed by atoms with Crippen molar-refractivity contribution in [3.63, 3.8) is 0 Å². The zero-order chi connectivity index (χ0) is 16.6. The molecule has 0 fully saturated rings. The van der Waals surface area contributed by atoms with Gasteiger partial charge in [0.15, 0.2) is 0 Å². The fourth-order valence-electron chi connectivity index (χ4n) is 2.72. The molecular formula is C15H14N4O4. The number of methoxy groups -OCH3 is 1. The number of hydrogen-bond donors (Lipinski definition) is 0. The standard InChI is InChI=1S/C15H14N4O4/c1-9-16-8-12(19(21)22)14(17-9)18-7-6-10-4-3-5-11(13(10)18)15(20)23-2/h3-5,8H,6-7H2,1-2H3. The fourth-order valence-corrected chi connectivity index (χ4v) is 2.72. The zero-order valence-corrected chi connectivity index (χ0v) is 12.6. The molecule has 2 heterocycles. The normalized spacial score (nSPS) is 12.9. The highest BCUT2D eigenvalue weighted by Gasteiger charge is 2.32. The Balaban J connectivity index is 2.19. The predicted octanol–water partition coefficient (Wildman–Crippen LogP) is 2.17. The Hall–Kier alpha value is -3.03. The number of aromatic nitrogens is 2. The lowest BCUT2D eigenvalue weighted by Gasteiger charge is -2.20. The molecule has 0 aliphatic carbocycles. The number of carbonyl (C=O) groups is 1. The first-order valence-corrected chi connectivity index (χ1v) is 6.98. The van der Waals surface area contributed by atoms with Crippen molar-refractivity contribution in [3.8, 4) is 0 Å². The number of ether oxygens (including phenoxy) is 1. The van der Waals surface area contributed by atoms with Crippen molar-refractivity contribution < 1.29 is 14.5 Å². The van der Waals surface area contributed by atoms with E-state index in [0.717, 1.165) is 5.56 Å². The third kappa shape index (κ3) is 2.48. The number of nitrogens with zero attached hydrogens (tertiary/aromatic N) is 4. The number of para-hydroxylation sites is 1. The summed E-state index contributed by atoms with van der Waals surface area (Å²) in [7, 11) is 1.30. The second-order valence-corrected chi connectivity index (χ2v) is 5.09. The number of aryl methyl sites for hydroxylation is 1. The molecule has 1 aromatic heterocycles. The van der Waals surface area contributed by atoms with Crippen LogP contribution < -0.4 is 4.90 Å². The minimum atomic E-state index is -0.520. The summed E-state index contributed by atoms with van der Waals surface area (Å²) in [6.07, 6.45) is 1.86.